The van der Waals surface area contributed by atoms with E-state index in [1.165, 1.54) is 6.07 Å². The minimum atomic E-state index is -0.649. The average molecular weight is 425 g/mol. The van der Waals surface area contributed by atoms with Crippen LogP contribution in [0.3, 0.4) is 0 Å². The summed E-state index contributed by atoms with van der Waals surface area (Å²) < 4.78 is 14.9. The Bertz CT molecular complexity index is 1310. The van der Waals surface area contributed by atoms with E-state index in [-0.39, 0.29) is 29.0 Å². The molecule has 0 bridgehead atoms. The van der Waals surface area contributed by atoms with Crippen LogP contribution < -0.4 is 0 Å². The molecule has 0 saturated carbocycles. The fourth-order valence-electron chi connectivity index (χ4n) is 5.20. The largest absolute Gasteiger partial charge is 0.293 e. The maximum Gasteiger partial charge on any atom is 0.176 e. The molecule has 2 aromatic heterocycles. The first kappa shape index (κ1) is 20.1. The number of fused-ring (bicyclic) bond motifs is 3. The Kier molecular flexibility index (Phi) is 4.66. The molecule has 2 heterocycles. The summed E-state index contributed by atoms with van der Waals surface area (Å²) in [4.78, 5) is 22.4. The van der Waals surface area contributed by atoms with Gasteiger partial charge in [0.15, 0.2) is 11.6 Å². The van der Waals surface area contributed by atoms with E-state index in [1.807, 2.05) is 13.8 Å². The Balaban J connectivity index is 1.83. The highest BCUT2D eigenvalue weighted by molar-refractivity contribution is 6.02. The molecule has 5 rings (SSSR count). The number of aromatic nitrogens is 4. The fourth-order valence-corrected chi connectivity index (χ4v) is 5.20. The van der Waals surface area contributed by atoms with Gasteiger partial charge < -0.3 is 0 Å². The lowest BCUT2D eigenvalue weighted by Crippen LogP contribution is -2.46. The number of hydrogen-bond acceptors (Lipinski definition) is 6. The lowest BCUT2D eigenvalue weighted by atomic mass is 9.57. The monoisotopic (exact) mass is 425 g/mol. The van der Waals surface area contributed by atoms with Gasteiger partial charge in [-0.25, -0.2) is 14.4 Å². The van der Waals surface area contributed by atoms with Gasteiger partial charge in [0, 0.05) is 28.0 Å². The molecule has 0 fully saturated rings. The van der Waals surface area contributed by atoms with Gasteiger partial charge in [0.05, 0.1) is 29.4 Å². The van der Waals surface area contributed by atoms with Gasteiger partial charge >= 0.3 is 0 Å². The van der Waals surface area contributed by atoms with Gasteiger partial charge in [0.1, 0.15) is 11.9 Å². The number of Topliss-reactive ketones (excluding diaryl/α,β-unsaturated/α-hetero) is 1. The minimum absolute atomic E-state index is 0.00798. The Hall–Kier alpha value is -3.79. The van der Waals surface area contributed by atoms with Crippen LogP contribution in [0.25, 0.3) is 22.6 Å². The molecule has 0 radical (unpaired) electrons. The van der Waals surface area contributed by atoms with E-state index in [2.05, 4.69) is 16.3 Å². The molecule has 3 aromatic rings. The summed E-state index contributed by atoms with van der Waals surface area (Å²) in [6.07, 6.45) is 6.23. The number of allylic oxidation sites excluding steroid dienone is 2. The molecule has 158 valence electrons. The molecule has 0 spiro atoms. The summed E-state index contributed by atoms with van der Waals surface area (Å²) in [5.41, 5.74) is 2.70. The highest BCUT2D eigenvalue weighted by atomic mass is 19.1. The smallest absolute Gasteiger partial charge is 0.176 e. The maximum atomic E-state index is 14.9. The third-order valence-electron chi connectivity index (χ3n) is 6.81. The number of nitriles is 1. The maximum absolute atomic E-state index is 14.9. The average Bonchev–Trinajstić information content (AvgIpc) is 2.82. The quantitative estimate of drug-likeness (QED) is 0.610. The van der Waals surface area contributed by atoms with E-state index in [0.29, 0.717) is 29.1 Å². The van der Waals surface area contributed by atoms with Crippen LogP contribution in [0.5, 0.6) is 0 Å². The van der Waals surface area contributed by atoms with Crippen LogP contribution in [0.1, 0.15) is 31.5 Å². The second-order valence-electron chi connectivity index (χ2n) is 8.58. The zero-order valence-electron chi connectivity index (χ0n) is 17.7. The lowest BCUT2D eigenvalue weighted by molar-refractivity contribution is -0.121. The van der Waals surface area contributed by atoms with Crippen molar-refractivity contribution in [2.45, 2.75) is 32.1 Å². The van der Waals surface area contributed by atoms with Crippen molar-refractivity contribution in [2.75, 3.05) is 0 Å². The standard InChI is InChI=1S/C25H20FN5O/c1-14-19-8-7-18-21(17-5-3-4-6-20(17)26)30-24(15-9-10-28-29-13-15)31-23(18)25(19,2)11-16(12-27)22(14)32/h3-6,9-11,13-14,19H,7-8H2,1-2H3/t14-,19-,25-/m1/s1. The zero-order chi connectivity index (χ0) is 22.5. The van der Waals surface area contributed by atoms with E-state index in [9.17, 15) is 14.4 Å². The van der Waals surface area contributed by atoms with Gasteiger partial charge in [-0.15, -0.1) is 0 Å². The Morgan fingerprint density at radius 3 is 2.72 bits per heavy atom. The number of ketones is 1. The molecule has 7 heteroatoms. The summed E-state index contributed by atoms with van der Waals surface area (Å²) in [5, 5.41) is 17.4. The zero-order valence-corrected chi connectivity index (χ0v) is 17.7. The number of hydrogen-bond donors (Lipinski definition) is 0. The molecule has 0 amide bonds. The summed E-state index contributed by atoms with van der Waals surface area (Å²) in [6.45, 7) is 3.90. The highest BCUT2D eigenvalue weighted by Gasteiger charge is 2.49. The first-order valence-corrected chi connectivity index (χ1v) is 10.5. The van der Waals surface area contributed by atoms with Crippen molar-refractivity contribution in [1.29, 1.82) is 5.26 Å². The van der Waals surface area contributed by atoms with Crippen molar-refractivity contribution in [2.24, 2.45) is 11.8 Å². The Morgan fingerprint density at radius 1 is 1.19 bits per heavy atom. The second-order valence-corrected chi connectivity index (χ2v) is 8.58. The van der Waals surface area contributed by atoms with Crippen molar-refractivity contribution in [3.8, 4) is 28.7 Å². The number of nitrogens with zero attached hydrogens (tertiary/aromatic N) is 5. The van der Waals surface area contributed by atoms with Crippen molar-refractivity contribution in [3.05, 3.63) is 71.4 Å². The SMILES string of the molecule is C[C@H]1C(=O)C(C#N)=C[C@@]2(C)c3nc(-c4ccnnc4)nc(-c4ccccc4F)c3CC[C@H]12. The molecule has 0 saturated heterocycles. The summed E-state index contributed by atoms with van der Waals surface area (Å²) in [7, 11) is 0. The number of rotatable bonds is 2. The van der Waals surface area contributed by atoms with Gasteiger partial charge in [-0.1, -0.05) is 32.1 Å². The lowest BCUT2D eigenvalue weighted by Gasteiger charge is -2.45. The van der Waals surface area contributed by atoms with Crippen LogP contribution in [0.4, 0.5) is 4.39 Å². The molecule has 0 unspecified atom stereocenters. The van der Waals surface area contributed by atoms with E-state index in [0.717, 1.165) is 17.7 Å². The van der Waals surface area contributed by atoms with Gasteiger partial charge in [-0.3, -0.25) is 4.79 Å². The molecule has 0 aliphatic heterocycles. The topological polar surface area (TPSA) is 92.4 Å². The van der Waals surface area contributed by atoms with E-state index < -0.39 is 5.41 Å². The molecular weight excluding hydrogens is 405 g/mol. The van der Waals surface area contributed by atoms with Crippen molar-refractivity contribution < 1.29 is 9.18 Å². The minimum Gasteiger partial charge on any atom is -0.293 e. The van der Waals surface area contributed by atoms with Gasteiger partial charge in [0.2, 0.25) is 0 Å². The molecule has 3 atom stereocenters. The first-order chi connectivity index (χ1) is 15.4. The summed E-state index contributed by atoms with van der Waals surface area (Å²) in [5.74, 6) is -0.382. The molecule has 1 aromatic carbocycles. The molecular formula is C25H20FN5O. The molecule has 2 aliphatic carbocycles. The number of carbonyl (C=O) groups is 1. The van der Waals surface area contributed by atoms with E-state index in [1.54, 1.807) is 42.7 Å². The number of halogens is 1. The first-order valence-electron chi connectivity index (χ1n) is 10.5. The normalized spacial score (nSPS) is 24.2. The number of carbonyl (C=O) groups excluding carboxylic acids is 1. The van der Waals surface area contributed by atoms with E-state index in [4.69, 9.17) is 9.97 Å². The van der Waals surface area contributed by atoms with Crippen molar-refractivity contribution >= 4 is 5.78 Å². The predicted octanol–water partition coefficient (Wildman–Crippen LogP) is 4.23. The van der Waals surface area contributed by atoms with Crippen LogP contribution in [0.2, 0.25) is 0 Å². The fraction of sp³-hybridized carbons (Fsp3) is 0.280. The van der Waals surface area contributed by atoms with Crippen LogP contribution in [-0.2, 0) is 16.6 Å². The molecule has 2 aliphatic rings. The second kappa shape index (κ2) is 7.41. The Labute approximate surface area is 184 Å². The third-order valence-corrected chi connectivity index (χ3v) is 6.81. The van der Waals surface area contributed by atoms with Gasteiger partial charge in [-0.05, 0) is 37.0 Å². The van der Waals surface area contributed by atoms with Crippen LogP contribution in [0, 0.1) is 29.0 Å². The molecule has 0 N–H and O–H groups in total. The summed E-state index contributed by atoms with van der Waals surface area (Å²) >= 11 is 0. The third kappa shape index (κ3) is 2.94. The summed E-state index contributed by atoms with van der Waals surface area (Å²) in [6, 6.07) is 10.4. The van der Waals surface area contributed by atoms with Crippen molar-refractivity contribution in [1.82, 2.24) is 20.2 Å². The molecule has 6 nitrogen and oxygen atoms in total. The predicted molar refractivity (Wildman–Crippen MR) is 115 cm³/mol. The Morgan fingerprint density at radius 2 is 2.00 bits per heavy atom. The van der Waals surface area contributed by atoms with Gasteiger partial charge in [0.25, 0.3) is 0 Å². The van der Waals surface area contributed by atoms with Crippen LogP contribution in [-0.4, -0.2) is 25.9 Å². The molecule has 32 heavy (non-hydrogen) atoms. The highest BCUT2D eigenvalue weighted by Crippen LogP contribution is 2.50. The van der Waals surface area contributed by atoms with Gasteiger partial charge in [-0.2, -0.15) is 15.5 Å². The van der Waals surface area contributed by atoms with Crippen LogP contribution >= 0.6 is 0 Å². The van der Waals surface area contributed by atoms with E-state index >= 15 is 0 Å². The van der Waals surface area contributed by atoms with Crippen molar-refractivity contribution in [3.63, 3.8) is 0 Å². The number of benzene rings is 1. The van der Waals surface area contributed by atoms with Crippen LogP contribution in [0.15, 0.2) is 54.4 Å².